The van der Waals surface area contributed by atoms with Gasteiger partial charge in [0.2, 0.25) is 0 Å². The Morgan fingerprint density at radius 3 is 2.88 bits per heavy atom. The smallest absolute Gasteiger partial charge is 0.131 e. The predicted molar refractivity (Wildman–Crippen MR) is 67.2 cm³/mol. The Morgan fingerprint density at radius 2 is 2.12 bits per heavy atom. The van der Waals surface area contributed by atoms with Crippen LogP contribution in [0.1, 0.15) is 11.1 Å². The van der Waals surface area contributed by atoms with Gasteiger partial charge < -0.3 is 5.32 Å². The molecular weight excluding hydrogens is 221 g/mol. The fourth-order valence-electron chi connectivity index (χ4n) is 1.64. The molecule has 0 aliphatic heterocycles. The highest BCUT2D eigenvalue weighted by Gasteiger charge is 2.07. The third-order valence-corrected chi connectivity index (χ3v) is 3.43. The van der Waals surface area contributed by atoms with Crippen LogP contribution in [0.15, 0.2) is 29.6 Å². The van der Waals surface area contributed by atoms with Crippen molar-refractivity contribution in [3.8, 4) is 10.4 Å². The SMILES string of the molecule is CNCc1csc(-c2cc(C)ccc2F)c1. The van der Waals surface area contributed by atoms with Crippen LogP contribution in [0.3, 0.4) is 0 Å². The molecule has 2 rings (SSSR count). The van der Waals surface area contributed by atoms with E-state index < -0.39 is 0 Å². The molecule has 0 saturated heterocycles. The molecule has 0 unspecified atom stereocenters. The van der Waals surface area contributed by atoms with E-state index in [0.29, 0.717) is 5.56 Å². The Balaban J connectivity index is 2.38. The quantitative estimate of drug-likeness (QED) is 0.857. The van der Waals surface area contributed by atoms with Gasteiger partial charge in [-0.15, -0.1) is 11.3 Å². The Morgan fingerprint density at radius 1 is 1.31 bits per heavy atom. The summed E-state index contributed by atoms with van der Waals surface area (Å²) in [5.41, 5.74) is 2.98. The Kier molecular flexibility index (Phi) is 3.36. The fraction of sp³-hybridized carbons (Fsp3) is 0.231. The summed E-state index contributed by atoms with van der Waals surface area (Å²) in [4.78, 5) is 0.992. The largest absolute Gasteiger partial charge is 0.316 e. The van der Waals surface area contributed by atoms with E-state index >= 15 is 0 Å². The lowest BCUT2D eigenvalue weighted by Gasteiger charge is -2.01. The highest BCUT2D eigenvalue weighted by molar-refractivity contribution is 7.13. The maximum atomic E-state index is 13.6. The molecule has 0 fully saturated rings. The molecule has 0 saturated carbocycles. The van der Waals surface area contributed by atoms with Gasteiger partial charge in [-0.1, -0.05) is 11.6 Å². The molecule has 0 atom stereocenters. The number of halogens is 1. The number of thiophene rings is 1. The Labute approximate surface area is 98.9 Å². The molecule has 16 heavy (non-hydrogen) atoms. The van der Waals surface area contributed by atoms with Gasteiger partial charge in [-0.05, 0) is 43.1 Å². The third kappa shape index (κ3) is 2.31. The van der Waals surface area contributed by atoms with Crippen LogP contribution >= 0.6 is 11.3 Å². The number of nitrogens with one attached hydrogen (secondary N) is 1. The van der Waals surface area contributed by atoms with Gasteiger partial charge in [-0.25, -0.2) is 4.39 Å². The Hall–Kier alpha value is -1.19. The molecule has 1 aromatic heterocycles. The molecule has 1 N–H and O–H groups in total. The third-order valence-electron chi connectivity index (χ3n) is 2.42. The van der Waals surface area contributed by atoms with Gasteiger partial charge >= 0.3 is 0 Å². The molecule has 0 radical (unpaired) electrons. The molecule has 0 amide bonds. The zero-order valence-electron chi connectivity index (χ0n) is 9.38. The molecule has 0 aliphatic rings. The first-order chi connectivity index (χ1) is 7.70. The number of hydrogen-bond acceptors (Lipinski definition) is 2. The zero-order valence-corrected chi connectivity index (χ0v) is 10.2. The number of aryl methyl sites for hydroxylation is 1. The van der Waals surface area contributed by atoms with Crippen molar-refractivity contribution < 1.29 is 4.39 Å². The summed E-state index contributed by atoms with van der Waals surface area (Å²) in [6.07, 6.45) is 0. The van der Waals surface area contributed by atoms with E-state index in [1.807, 2.05) is 26.1 Å². The first-order valence-corrected chi connectivity index (χ1v) is 6.07. The molecule has 2 aromatic rings. The molecule has 0 aliphatic carbocycles. The predicted octanol–water partition coefficient (Wildman–Crippen LogP) is 3.58. The van der Waals surface area contributed by atoms with Crippen LogP contribution in [0.25, 0.3) is 10.4 Å². The van der Waals surface area contributed by atoms with E-state index in [9.17, 15) is 4.39 Å². The molecule has 0 bridgehead atoms. The van der Waals surface area contributed by atoms with Gasteiger partial charge in [0, 0.05) is 17.0 Å². The van der Waals surface area contributed by atoms with Gasteiger partial charge in [0.15, 0.2) is 0 Å². The molecule has 1 aromatic carbocycles. The van der Waals surface area contributed by atoms with Crippen LogP contribution in [-0.2, 0) is 6.54 Å². The fourth-order valence-corrected chi connectivity index (χ4v) is 2.57. The van der Waals surface area contributed by atoms with Gasteiger partial charge in [0.25, 0.3) is 0 Å². The van der Waals surface area contributed by atoms with Gasteiger partial charge in [0.1, 0.15) is 5.82 Å². The lowest BCUT2D eigenvalue weighted by molar-refractivity contribution is 0.631. The molecule has 84 valence electrons. The summed E-state index contributed by atoms with van der Waals surface area (Å²) in [6.45, 7) is 2.80. The average Bonchev–Trinajstić information content (AvgIpc) is 2.71. The molecule has 1 nitrogen and oxygen atoms in total. The maximum Gasteiger partial charge on any atom is 0.131 e. The maximum absolute atomic E-state index is 13.6. The van der Waals surface area contributed by atoms with Crippen molar-refractivity contribution in [2.24, 2.45) is 0 Å². The van der Waals surface area contributed by atoms with Crippen LogP contribution in [0.2, 0.25) is 0 Å². The zero-order chi connectivity index (χ0) is 11.5. The first kappa shape index (κ1) is 11.3. The average molecular weight is 235 g/mol. The second-order valence-corrected chi connectivity index (χ2v) is 4.74. The van der Waals surface area contributed by atoms with E-state index in [0.717, 1.165) is 17.0 Å². The van der Waals surface area contributed by atoms with Gasteiger partial charge in [0.05, 0.1) is 0 Å². The van der Waals surface area contributed by atoms with Crippen molar-refractivity contribution in [1.82, 2.24) is 5.32 Å². The summed E-state index contributed by atoms with van der Waals surface area (Å²) in [7, 11) is 1.91. The second-order valence-electron chi connectivity index (χ2n) is 3.83. The van der Waals surface area contributed by atoms with Crippen molar-refractivity contribution in [2.45, 2.75) is 13.5 Å². The number of hydrogen-bond donors (Lipinski definition) is 1. The van der Waals surface area contributed by atoms with Crippen molar-refractivity contribution in [3.05, 3.63) is 46.6 Å². The van der Waals surface area contributed by atoms with Crippen LogP contribution in [0.4, 0.5) is 4.39 Å². The molecule has 1 heterocycles. The minimum absolute atomic E-state index is 0.150. The summed E-state index contributed by atoms with van der Waals surface area (Å²) < 4.78 is 13.6. The minimum Gasteiger partial charge on any atom is -0.316 e. The Bertz CT molecular complexity index is 490. The van der Waals surface area contributed by atoms with Crippen LogP contribution in [0, 0.1) is 12.7 Å². The van der Waals surface area contributed by atoms with Gasteiger partial charge in [-0.3, -0.25) is 0 Å². The summed E-state index contributed by atoms with van der Waals surface area (Å²) in [6, 6.07) is 7.26. The normalized spacial score (nSPS) is 10.7. The van der Waals surface area contributed by atoms with Crippen LogP contribution in [0.5, 0.6) is 0 Å². The summed E-state index contributed by atoms with van der Waals surface area (Å²) in [5, 5.41) is 5.15. The molecule has 0 spiro atoms. The lowest BCUT2D eigenvalue weighted by atomic mass is 10.1. The van der Waals surface area contributed by atoms with Crippen molar-refractivity contribution >= 4 is 11.3 Å². The van der Waals surface area contributed by atoms with Crippen molar-refractivity contribution in [3.63, 3.8) is 0 Å². The lowest BCUT2D eigenvalue weighted by Crippen LogP contribution is -2.03. The van der Waals surface area contributed by atoms with Gasteiger partial charge in [-0.2, -0.15) is 0 Å². The van der Waals surface area contributed by atoms with E-state index in [-0.39, 0.29) is 5.82 Å². The molecule has 3 heteroatoms. The monoisotopic (exact) mass is 235 g/mol. The highest BCUT2D eigenvalue weighted by Crippen LogP contribution is 2.30. The van der Waals surface area contributed by atoms with E-state index in [2.05, 4.69) is 10.7 Å². The number of rotatable bonds is 3. The van der Waals surface area contributed by atoms with E-state index in [1.54, 1.807) is 17.4 Å². The van der Waals surface area contributed by atoms with E-state index in [1.165, 1.54) is 11.6 Å². The summed E-state index contributed by atoms with van der Waals surface area (Å²) in [5.74, 6) is -0.150. The first-order valence-electron chi connectivity index (χ1n) is 5.19. The topological polar surface area (TPSA) is 12.0 Å². The summed E-state index contributed by atoms with van der Waals surface area (Å²) >= 11 is 1.59. The van der Waals surface area contributed by atoms with E-state index in [4.69, 9.17) is 0 Å². The second kappa shape index (κ2) is 4.76. The van der Waals surface area contributed by atoms with Crippen LogP contribution < -0.4 is 5.32 Å². The minimum atomic E-state index is -0.150. The highest BCUT2D eigenvalue weighted by atomic mass is 32.1. The van der Waals surface area contributed by atoms with Crippen molar-refractivity contribution in [1.29, 1.82) is 0 Å². The standard InChI is InChI=1S/C13H14FNS/c1-9-3-4-12(14)11(5-9)13-6-10(7-15-2)8-16-13/h3-6,8,15H,7H2,1-2H3. The van der Waals surface area contributed by atoms with Crippen LogP contribution in [-0.4, -0.2) is 7.05 Å². The number of benzene rings is 1. The van der Waals surface area contributed by atoms with Crippen molar-refractivity contribution in [2.75, 3.05) is 7.05 Å². The molecular formula is C13H14FNS.